The third-order valence-electron chi connectivity index (χ3n) is 4.46. The second-order valence-electron chi connectivity index (χ2n) is 5.45. The van der Waals surface area contributed by atoms with Crippen molar-refractivity contribution < 1.29 is 0 Å². The van der Waals surface area contributed by atoms with Crippen molar-refractivity contribution in [2.24, 2.45) is 0 Å². The zero-order valence-electron chi connectivity index (χ0n) is 9.63. The van der Waals surface area contributed by atoms with E-state index in [-0.39, 0.29) is 20.4 Å². The molecule has 0 aromatic carbocycles. The minimum absolute atomic E-state index is 0.137. The van der Waals surface area contributed by atoms with Crippen molar-refractivity contribution in [1.29, 1.82) is 0 Å². The van der Waals surface area contributed by atoms with Crippen LogP contribution in [0.5, 0.6) is 0 Å². The molecule has 2 heterocycles. The van der Waals surface area contributed by atoms with Gasteiger partial charge in [-0.05, 0) is 0 Å². The molecule has 1 fully saturated rings. The van der Waals surface area contributed by atoms with E-state index in [1.807, 2.05) is 17.6 Å². The first-order valence-electron chi connectivity index (χ1n) is 6.74. The maximum atomic E-state index is 2.31. The van der Waals surface area contributed by atoms with E-state index in [2.05, 4.69) is 11.8 Å². The SMILES string of the molecule is C1CCc2c([te]c3c2SC2CCCCC32)C1. The van der Waals surface area contributed by atoms with Gasteiger partial charge in [-0.15, -0.1) is 0 Å². The Bertz CT molecular complexity index is 421. The Morgan fingerprint density at radius 3 is 2.88 bits per heavy atom. The summed E-state index contributed by atoms with van der Waals surface area (Å²) in [4.78, 5) is 1.86. The molecule has 2 unspecified atom stereocenters. The van der Waals surface area contributed by atoms with Crippen molar-refractivity contribution in [3.05, 3.63) is 12.7 Å². The van der Waals surface area contributed by atoms with Crippen molar-refractivity contribution >= 4 is 32.2 Å². The van der Waals surface area contributed by atoms with Gasteiger partial charge in [0.15, 0.2) is 0 Å². The van der Waals surface area contributed by atoms with E-state index in [1.54, 1.807) is 0 Å². The van der Waals surface area contributed by atoms with E-state index in [0.29, 0.717) is 0 Å². The second-order valence-corrected chi connectivity index (χ2v) is 9.95. The Labute approximate surface area is 112 Å². The van der Waals surface area contributed by atoms with Gasteiger partial charge in [0, 0.05) is 0 Å². The molecule has 0 saturated heterocycles. The average molecular weight is 346 g/mol. The van der Waals surface area contributed by atoms with Crippen molar-refractivity contribution in [2.45, 2.75) is 67.4 Å². The zero-order chi connectivity index (χ0) is 10.5. The molecule has 1 aromatic rings. The number of hydrogen-bond donors (Lipinski definition) is 0. The molecule has 2 atom stereocenters. The monoisotopic (exact) mass is 348 g/mol. The number of rotatable bonds is 0. The van der Waals surface area contributed by atoms with Crippen LogP contribution in [0.15, 0.2) is 4.90 Å². The van der Waals surface area contributed by atoms with E-state index < -0.39 is 0 Å². The molecule has 0 spiro atoms. The van der Waals surface area contributed by atoms with E-state index in [4.69, 9.17) is 0 Å². The average Bonchev–Trinajstić information content (AvgIpc) is 2.85. The molecule has 1 saturated carbocycles. The number of fused-ring (bicyclic) bond motifs is 5. The van der Waals surface area contributed by atoms with Crippen LogP contribution in [-0.4, -0.2) is 25.7 Å². The van der Waals surface area contributed by atoms with Gasteiger partial charge in [0.05, 0.1) is 0 Å². The van der Waals surface area contributed by atoms with Gasteiger partial charge in [-0.25, -0.2) is 0 Å². The molecule has 0 N–H and O–H groups in total. The van der Waals surface area contributed by atoms with Crippen LogP contribution >= 0.6 is 11.8 Å². The molecule has 0 bridgehead atoms. The molecule has 0 amide bonds. The third kappa shape index (κ3) is 1.49. The summed E-state index contributed by atoms with van der Waals surface area (Å²) in [7, 11) is 0. The van der Waals surface area contributed by atoms with Crippen LogP contribution in [0.1, 0.15) is 57.2 Å². The van der Waals surface area contributed by atoms with E-state index in [1.165, 1.54) is 51.4 Å². The third-order valence-corrected chi connectivity index (χ3v) is 10.5. The summed E-state index contributed by atoms with van der Waals surface area (Å²) in [6.45, 7) is 0. The molecule has 3 aliphatic rings. The Hall–Kier alpha value is 0.620. The second kappa shape index (κ2) is 4.08. The molecule has 1 aromatic heterocycles. The van der Waals surface area contributed by atoms with E-state index in [9.17, 15) is 0 Å². The Morgan fingerprint density at radius 1 is 1.00 bits per heavy atom. The summed E-state index contributed by atoms with van der Waals surface area (Å²) in [5, 5.41) is 1.01. The fraction of sp³-hybridized carbons (Fsp3) is 0.714. The molecule has 0 nitrogen and oxygen atoms in total. The van der Waals surface area contributed by atoms with Crippen molar-refractivity contribution in [1.82, 2.24) is 0 Å². The number of thioether (sulfide) groups is 1. The molecule has 16 heavy (non-hydrogen) atoms. The zero-order valence-corrected chi connectivity index (χ0v) is 12.8. The Morgan fingerprint density at radius 2 is 1.88 bits per heavy atom. The van der Waals surface area contributed by atoms with Crippen LogP contribution in [-0.2, 0) is 12.8 Å². The molecule has 1 aliphatic heterocycles. The molecule has 2 heteroatoms. The Balaban J connectivity index is 1.78. The topological polar surface area (TPSA) is 0 Å². The van der Waals surface area contributed by atoms with Crippen molar-refractivity contribution in [3.63, 3.8) is 0 Å². The molecule has 2 aliphatic carbocycles. The van der Waals surface area contributed by atoms with E-state index in [0.717, 1.165) is 11.2 Å². The molecular formula is C14H18STe. The molecular weight excluding hydrogens is 328 g/mol. The summed E-state index contributed by atoms with van der Waals surface area (Å²) >= 11 is 2.44. The maximum absolute atomic E-state index is 2.31. The summed E-state index contributed by atoms with van der Waals surface area (Å²) in [6, 6.07) is 0. The van der Waals surface area contributed by atoms with Gasteiger partial charge in [0.25, 0.3) is 0 Å². The van der Waals surface area contributed by atoms with E-state index >= 15 is 0 Å². The van der Waals surface area contributed by atoms with Gasteiger partial charge in [-0.2, -0.15) is 0 Å². The van der Waals surface area contributed by atoms with Gasteiger partial charge in [-0.3, -0.25) is 0 Å². The van der Waals surface area contributed by atoms with Crippen molar-refractivity contribution in [2.75, 3.05) is 0 Å². The first-order chi connectivity index (χ1) is 7.93. The van der Waals surface area contributed by atoms with Gasteiger partial charge in [0.1, 0.15) is 0 Å². The first kappa shape index (κ1) is 10.5. The molecule has 0 radical (unpaired) electrons. The first-order valence-corrected chi connectivity index (χ1v) is 9.95. The van der Waals surface area contributed by atoms with Crippen LogP contribution in [0, 0.1) is 0 Å². The fourth-order valence-corrected chi connectivity index (χ4v) is 10.7. The van der Waals surface area contributed by atoms with Crippen LogP contribution < -0.4 is 0 Å². The summed E-state index contributed by atoms with van der Waals surface area (Å²) in [5.74, 6) is 1.04. The van der Waals surface area contributed by atoms with Crippen LogP contribution in [0.25, 0.3) is 0 Å². The predicted molar refractivity (Wildman–Crippen MR) is 70.9 cm³/mol. The molecule has 4 rings (SSSR count). The number of hydrogen-bond acceptors (Lipinski definition) is 1. The minimum atomic E-state index is 0.137. The number of aryl methyl sites for hydroxylation is 1. The van der Waals surface area contributed by atoms with Gasteiger partial charge in [-0.1, -0.05) is 0 Å². The van der Waals surface area contributed by atoms with Gasteiger partial charge >= 0.3 is 112 Å². The summed E-state index contributed by atoms with van der Waals surface area (Å²) < 4.78 is 3.99. The van der Waals surface area contributed by atoms with Gasteiger partial charge in [0.2, 0.25) is 0 Å². The normalized spacial score (nSPS) is 32.0. The fourth-order valence-electron chi connectivity index (χ4n) is 3.62. The van der Waals surface area contributed by atoms with Crippen LogP contribution in [0.4, 0.5) is 0 Å². The Kier molecular flexibility index (Phi) is 2.68. The predicted octanol–water partition coefficient (Wildman–Crippen LogP) is 3.75. The molecule has 86 valence electrons. The summed E-state index contributed by atoms with van der Waals surface area (Å²) in [6.07, 6.45) is 11.9. The quantitative estimate of drug-likeness (QED) is 0.645. The van der Waals surface area contributed by atoms with Crippen molar-refractivity contribution in [3.8, 4) is 0 Å². The van der Waals surface area contributed by atoms with Crippen LogP contribution in [0.3, 0.4) is 0 Å². The summed E-state index contributed by atoms with van der Waals surface area (Å²) in [5.41, 5.74) is 1.88. The van der Waals surface area contributed by atoms with Gasteiger partial charge < -0.3 is 0 Å². The standard InChI is InChI=1S/C14H18STe/c1-3-7-11-9(5-1)14-13(15-11)10-6-2-4-8-12(10)16-14/h9,11H,1-8H2. The van der Waals surface area contributed by atoms with Crippen LogP contribution in [0.2, 0.25) is 0 Å².